The molecule has 0 atom stereocenters. The first kappa shape index (κ1) is 17.1. The van der Waals surface area contributed by atoms with Gasteiger partial charge in [0.1, 0.15) is 9.09 Å². The lowest BCUT2D eigenvalue weighted by Gasteiger charge is -2.24. The van der Waals surface area contributed by atoms with Gasteiger partial charge in [-0.2, -0.15) is 4.31 Å². The van der Waals surface area contributed by atoms with E-state index in [1.165, 1.54) is 16.4 Å². The number of aromatic carboxylic acids is 1. The normalized spacial score (nSPS) is 12.2. The molecule has 0 radical (unpaired) electrons. The quantitative estimate of drug-likeness (QED) is 0.799. The molecule has 0 aliphatic carbocycles. The Balaban J connectivity index is 3.01. The van der Waals surface area contributed by atoms with Crippen LogP contribution in [0.2, 0.25) is 0 Å². The van der Waals surface area contributed by atoms with Crippen LogP contribution in [0.1, 0.15) is 43.3 Å². The molecule has 0 spiro atoms. The van der Waals surface area contributed by atoms with E-state index in [2.05, 4.69) is 0 Å². The first-order valence-corrected chi connectivity index (χ1v) is 8.95. The summed E-state index contributed by atoms with van der Waals surface area (Å²) >= 11 is 0.805. The smallest absolute Gasteiger partial charge is 0.345 e. The summed E-state index contributed by atoms with van der Waals surface area (Å²) in [6.45, 7) is 6.75. The Hall–Kier alpha value is -0.920. The predicted octanol–water partition coefficient (Wildman–Crippen LogP) is 2.89. The van der Waals surface area contributed by atoms with Crippen molar-refractivity contribution in [1.29, 1.82) is 0 Å². The van der Waals surface area contributed by atoms with Gasteiger partial charge in [-0.15, -0.1) is 11.3 Å². The highest BCUT2D eigenvalue weighted by atomic mass is 32.2. The second kappa shape index (κ2) is 7.19. The molecule has 7 heteroatoms. The lowest BCUT2D eigenvalue weighted by atomic mass is 10.0. The van der Waals surface area contributed by atoms with E-state index < -0.39 is 16.0 Å². The molecule has 1 heterocycles. The number of nitrogens with zero attached hydrogens (tertiary/aromatic N) is 1. The van der Waals surface area contributed by atoms with Crippen molar-refractivity contribution in [3.8, 4) is 0 Å². The Bertz CT molecular complexity index is 546. The van der Waals surface area contributed by atoms with Crippen LogP contribution in [0, 0.1) is 5.92 Å². The lowest BCUT2D eigenvalue weighted by molar-refractivity contribution is 0.0702. The molecule has 0 fully saturated rings. The summed E-state index contributed by atoms with van der Waals surface area (Å²) in [5.74, 6) is -0.775. The van der Waals surface area contributed by atoms with E-state index in [4.69, 9.17) is 5.11 Å². The fraction of sp³-hybridized carbons (Fsp3) is 0.615. The van der Waals surface area contributed by atoms with Gasteiger partial charge < -0.3 is 5.11 Å². The first-order chi connectivity index (χ1) is 9.36. The molecule has 0 saturated carbocycles. The molecular formula is C13H21NO4S2. The molecule has 0 bridgehead atoms. The van der Waals surface area contributed by atoms with Gasteiger partial charge in [0.15, 0.2) is 0 Å². The van der Waals surface area contributed by atoms with E-state index in [0.717, 1.165) is 24.2 Å². The van der Waals surface area contributed by atoms with Crippen LogP contribution in [0.4, 0.5) is 0 Å². The van der Waals surface area contributed by atoms with Crippen LogP contribution < -0.4 is 0 Å². The van der Waals surface area contributed by atoms with Crippen LogP contribution in [0.15, 0.2) is 16.3 Å². The van der Waals surface area contributed by atoms with Crippen molar-refractivity contribution in [3.63, 3.8) is 0 Å². The molecule has 1 N–H and O–H groups in total. The maximum absolute atomic E-state index is 12.5. The summed E-state index contributed by atoms with van der Waals surface area (Å²) in [5.41, 5.74) is 0. The SMILES string of the molecule is CCC(CC)CN(CC)S(=O)(=O)c1ccc(C(=O)O)s1. The number of hydrogen-bond acceptors (Lipinski definition) is 4. The Kier molecular flexibility index (Phi) is 6.16. The molecule has 1 rings (SSSR count). The molecular weight excluding hydrogens is 298 g/mol. The summed E-state index contributed by atoms with van der Waals surface area (Å²) in [7, 11) is -3.59. The largest absolute Gasteiger partial charge is 0.477 e. The molecule has 114 valence electrons. The fourth-order valence-electron chi connectivity index (χ4n) is 1.93. The van der Waals surface area contributed by atoms with Crippen molar-refractivity contribution >= 4 is 27.3 Å². The minimum absolute atomic E-state index is 0.0437. The van der Waals surface area contributed by atoms with Crippen LogP contribution in [-0.2, 0) is 10.0 Å². The third-order valence-corrected chi connectivity index (χ3v) is 6.84. The predicted molar refractivity (Wildman–Crippen MR) is 79.8 cm³/mol. The molecule has 0 saturated heterocycles. The van der Waals surface area contributed by atoms with Crippen molar-refractivity contribution in [3.05, 3.63) is 17.0 Å². The van der Waals surface area contributed by atoms with Crippen molar-refractivity contribution < 1.29 is 18.3 Å². The zero-order valence-corrected chi connectivity index (χ0v) is 13.6. The van der Waals surface area contributed by atoms with Crippen LogP contribution in [-0.4, -0.2) is 36.9 Å². The monoisotopic (exact) mass is 319 g/mol. The van der Waals surface area contributed by atoms with Crippen LogP contribution in [0.3, 0.4) is 0 Å². The Morgan fingerprint density at radius 3 is 2.30 bits per heavy atom. The van der Waals surface area contributed by atoms with Gasteiger partial charge in [-0.3, -0.25) is 0 Å². The third kappa shape index (κ3) is 3.80. The number of carbonyl (C=O) groups is 1. The number of sulfonamides is 1. The molecule has 0 aliphatic rings. The van der Waals surface area contributed by atoms with E-state index in [1.54, 1.807) is 6.92 Å². The van der Waals surface area contributed by atoms with E-state index in [0.29, 0.717) is 19.0 Å². The molecule has 0 aliphatic heterocycles. The second-order valence-corrected chi connectivity index (χ2v) is 7.81. The molecule has 1 aromatic heterocycles. The van der Waals surface area contributed by atoms with Crippen molar-refractivity contribution in [2.24, 2.45) is 5.92 Å². The third-order valence-electron chi connectivity index (χ3n) is 3.36. The zero-order chi connectivity index (χ0) is 15.3. The molecule has 0 unspecified atom stereocenters. The highest BCUT2D eigenvalue weighted by Gasteiger charge is 2.27. The number of hydrogen-bond donors (Lipinski definition) is 1. The van der Waals surface area contributed by atoms with E-state index >= 15 is 0 Å². The Morgan fingerprint density at radius 2 is 1.90 bits per heavy atom. The van der Waals surface area contributed by atoms with Crippen molar-refractivity contribution in [2.45, 2.75) is 37.8 Å². The van der Waals surface area contributed by atoms with Gasteiger partial charge in [0.2, 0.25) is 0 Å². The minimum atomic E-state index is -3.59. The zero-order valence-electron chi connectivity index (χ0n) is 12.0. The van der Waals surface area contributed by atoms with Gasteiger partial charge in [0.05, 0.1) is 0 Å². The highest BCUT2D eigenvalue weighted by Crippen LogP contribution is 2.26. The minimum Gasteiger partial charge on any atom is -0.477 e. The van der Waals surface area contributed by atoms with Crippen molar-refractivity contribution in [2.75, 3.05) is 13.1 Å². The summed E-state index contributed by atoms with van der Waals surface area (Å²) in [6.07, 6.45) is 1.85. The highest BCUT2D eigenvalue weighted by molar-refractivity contribution is 7.91. The van der Waals surface area contributed by atoms with Crippen LogP contribution in [0.25, 0.3) is 0 Å². The van der Waals surface area contributed by atoms with E-state index in [9.17, 15) is 13.2 Å². The number of thiophene rings is 1. The lowest BCUT2D eigenvalue weighted by Crippen LogP contribution is -2.34. The van der Waals surface area contributed by atoms with Gasteiger partial charge >= 0.3 is 5.97 Å². The average Bonchev–Trinajstić information content (AvgIpc) is 2.90. The molecule has 0 amide bonds. The van der Waals surface area contributed by atoms with Gasteiger partial charge in [-0.25, -0.2) is 13.2 Å². The summed E-state index contributed by atoms with van der Waals surface area (Å²) in [6, 6.07) is 2.71. The summed E-state index contributed by atoms with van der Waals surface area (Å²) in [4.78, 5) is 10.9. The van der Waals surface area contributed by atoms with Gasteiger partial charge in [0.25, 0.3) is 10.0 Å². The number of carboxylic acids is 1. The molecule has 20 heavy (non-hydrogen) atoms. The Morgan fingerprint density at radius 1 is 1.30 bits per heavy atom. The van der Waals surface area contributed by atoms with Crippen molar-refractivity contribution in [1.82, 2.24) is 4.31 Å². The van der Waals surface area contributed by atoms with Gasteiger partial charge in [-0.05, 0) is 18.1 Å². The van der Waals surface area contributed by atoms with Gasteiger partial charge in [-0.1, -0.05) is 33.6 Å². The Labute approximate surface area is 124 Å². The summed E-state index contributed by atoms with van der Waals surface area (Å²) < 4.78 is 26.6. The van der Waals surface area contributed by atoms with Crippen LogP contribution in [0.5, 0.6) is 0 Å². The number of rotatable bonds is 8. The summed E-state index contributed by atoms with van der Waals surface area (Å²) in [5, 5.41) is 8.88. The maximum atomic E-state index is 12.5. The van der Waals surface area contributed by atoms with Crippen LogP contribution >= 0.6 is 11.3 Å². The number of carboxylic acid groups (broad SMARTS) is 1. The maximum Gasteiger partial charge on any atom is 0.345 e. The topological polar surface area (TPSA) is 74.7 Å². The fourth-order valence-corrected chi connectivity index (χ4v) is 4.76. The molecule has 5 nitrogen and oxygen atoms in total. The first-order valence-electron chi connectivity index (χ1n) is 6.70. The standard InChI is InChI=1S/C13H21NO4S2/c1-4-10(5-2)9-14(6-3)20(17,18)12-8-7-11(19-12)13(15)16/h7-8,10H,4-6,9H2,1-3H3,(H,15,16). The molecule has 1 aromatic rings. The second-order valence-electron chi connectivity index (χ2n) is 4.56. The van der Waals surface area contributed by atoms with E-state index in [-0.39, 0.29) is 9.09 Å². The van der Waals surface area contributed by atoms with Gasteiger partial charge in [0, 0.05) is 13.1 Å². The molecule has 0 aromatic carbocycles. The van der Waals surface area contributed by atoms with E-state index in [1.807, 2.05) is 13.8 Å². The average molecular weight is 319 g/mol.